The Kier molecular flexibility index (Phi) is 5.78. The molecule has 0 spiro atoms. The molecule has 2 aromatic carbocycles. The van der Waals surface area contributed by atoms with Crippen LogP contribution in [0.2, 0.25) is 5.02 Å². The van der Waals surface area contributed by atoms with Crippen molar-refractivity contribution in [2.75, 3.05) is 31.2 Å². The van der Waals surface area contributed by atoms with E-state index in [1.807, 2.05) is 24.3 Å². The van der Waals surface area contributed by atoms with E-state index < -0.39 is 0 Å². The fourth-order valence-corrected chi connectivity index (χ4v) is 3.41. The van der Waals surface area contributed by atoms with E-state index in [1.165, 1.54) is 12.1 Å². The van der Waals surface area contributed by atoms with Gasteiger partial charge in [0, 0.05) is 25.2 Å². The molecule has 0 aromatic heterocycles. The monoisotopic (exact) mass is 364 g/mol. The van der Waals surface area contributed by atoms with Crippen molar-refractivity contribution >= 4 is 17.3 Å². The molecular formula is C19H22ClFN2O2. The first kappa shape index (κ1) is 18.0. The van der Waals surface area contributed by atoms with Crippen LogP contribution in [0.25, 0.3) is 0 Å². The van der Waals surface area contributed by atoms with Crippen molar-refractivity contribution in [3.8, 4) is 5.75 Å². The average molecular weight is 365 g/mol. The maximum Gasteiger partial charge on any atom is 0.123 e. The minimum Gasteiger partial charge on any atom is -0.491 e. The van der Waals surface area contributed by atoms with Crippen molar-refractivity contribution in [3.63, 3.8) is 0 Å². The number of aliphatic hydroxyl groups is 1. The van der Waals surface area contributed by atoms with Crippen LogP contribution in [-0.4, -0.2) is 37.5 Å². The van der Waals surface area contributed by atoms with E-state index in [4.69, 9.17) is 21.4 Å². The van der Waals surface area contributed by atoms with Crippen molar-refractivity contribution in [1.29, 1.82) is 0 Å². The number of aliphatic hydroxyl groups excluding tert-OH is 1. The van der Waals surface area contributed by atoms with E-state index >= 15 is 0 Å². The van der Waals surface area contributed by atoms with Gasteiger partial charge in [-0.1, -0.05) is 23.7 Å². The molecule has 0 unspecified atom stereocenters. The van der Waals surface area contributed by atoms with E-state index in [0.717, 1.165) is 24.3 Å². The van der Waals surface area contributed by atoms with Crippen molar-refractivity contribution < 1.29 is 14.2 Å². The van der Waals surface area contributed by atoms with Gasteiger partial charge < -0.3 is 20.1 Å². The number of nitrogens with one attached hydrogen (secondary N) is 1. The predicted molar refractivity (Wildman–Crippen MR) is 98.0 cm³/mol. The third-order valence-electron chi connectivity index (χ3n) is 4.35. The van der Waals surface area contributed by atoms with Crippen LogP contribution in [0, 0.1) is 5.82 Å². The predicted octanol–water partition coefficient (Wildman–Crippen LogP) is 3.39. The van der Waals surface area contributed by atoms with Crippen molar-refractivity contribution in [1.82, 2.24) is 5.32 Å². The summed E-state index contributed by atoms with van der Waals surface area (Å²) in [6.45, 7) is 3.87. The van der Waals surface area contributed by atoms with Gasteiger partial charge in [-0.25, -0.2) is 4.39 Å². The molecule has 134 valence electrons. The molecule has 0 saturated carbocycles. The Balaban J connectivity index is 1.89. The number of anilines is 1. The summed E-state index contributed by atoms with van der Waals surface area (Å²) < 4.78 is 18.7. The van der Waals surface area contributed by atoms with Crippen LogP contribution in [0.4, 0.5) is 10.1 Å². The Morgan fingerprint density at radius 2 is 2.04 bits per heavy atom. The number of rotatable bonds is 5. The van der Waals surface area contributed by atoms with Crippen molar-refractivity contribution in [2.24, 2.45) is 0 Å². The van der Waals surface area contributed by atoms with Crippen LogP contribution in [0.3, 0.4) is 0 Å². The summed E-state index contributed by atoms with van der Waals surface area (Å²) in [5.41, 5.74) is 1.96. The summed E-state index contributed by atoms with van der Waals surface area (Å²) in [6.07, 6.45) is 0. The molecule has 1 fully saturated rings. The first-order valence-corrected chi connectivity index (χ1v) is 8.75. The van der Waals surface area contributed by atoms with Crippen molar-refractivity contribution in [2.45, 2.75) is 19.0 Å². The highest BCUT2D eigenvalue weighted by Crippen LogP contribution is 2.36. The fraction of sp³-hybridized carbons (Fsp3) is 0.368. The normalized spacial score (nSPS) is 20.6. The number of ether oxygens (including phenoxy) is 1. The highest BCUT2D eigenvalue weighted by molar-refractivity contribution is 6.33. The van der Waals surface area contributed by atoms with E-state index in [0.29, 0.717) is 16.8 Å². The van der Waals surface area contributed by atoms with Gasteiger partial charge in [-0.05, 0) is 36.8 Å². The first-order chi connectivity index (χ1) is 12.1. The number of halogens is 2. The largest absolute Gasteiger partial charge is 0.491 e. The highest BCUT2D eigenvalue weighted by Gasteiger charge is 2.28. The van der Waals surface area contributed by atoms with Crippen LogP contribution in [-0.2, 0) is 0 Å². The second-order valence-corrected chi connectivity index (χ2v) is 6.62. The van der Waals surface area contributed by atoms with E-state index in [-0.39, 0.29) is 25.1 Å². The lowest BCUT2D eigenvalue weighted by Gasteiger charge is -2.41. The quantitative estimate of drug-likeness (QED) is 0.853. The van der Waals surface area contributed by atoms with Crippen LogP contribution in [0.15, 0.2) is 42.5 Å². The molecule has 0 aliphatic carbocycles. The zero-order chi connectivity index (χ0) is 17.8. The molecule has 1 aliphatic rings. The summed E-state index contributed by atoms with van der Waals surface area (Å²) in [4.78, 5) is 2.24. The molecule has 4 nitrogen and oxygen atoms in total. The van der Waals surface area contributed by atoms with E-state index in [2.05, 4.69) is 17.1 Å². The van der Waals surface area contributed by atoms with Gasteiger partial charge in [0.15, 0.2) is 0 Å². The smallest absolute Gasteiger partial charge is 0.123 e. The Morgan fingerprint density at radius 1 is 1.28 bits per heavy atom. The number of hydrogen-bond acceptors (Lipinski definition) is 4. The molecule has 2 aromatic rings. The summed E-state index contributed by atoms with van der Waals surface area (Å²) in [5.74, 6) is 0.389. The summed E-state index contributed by atoms with van der Waals surface area (Å²) in [6, 6.07) is 12.5. The Morgan fingerprint density at radius 3 is 2.72 bits per heavy atom. The zero-order valence-electron chi connectivity index (χ0n) is 14.1. The molecule has 1 aliphatic heterocycles. The molecule has 0 amide bonds. The van der Waals surface area contributed by atoms with Gasteiger partial charge in [0.1, 0.15) is 18.2 Å². The molecule has 1 heterocycles. The van der Waals surface area contributed by atoms with Crippen LogP contribution in [0.1, 0.15) is 18.5 Å². The molecule has 2 N–H and O–H groups in total. The second-order valence-electron chi connectivity index (χ2n) is 6.21. The Labute approximate surface area is 152 Å². The maximum atomic E-state index is 13.3. The maximum absolute atomic E-state index is 13.3. The Bertz CT molecular complexity index is 711. The van der Waals surface area contributed by atoms with Gasteiger partial charge in [0.05, 0.1) is 23.4 Å². The number of hydrogen-bond donors (Lipinski definition) is 2. The first-order valence-electron chi connectivity index (χ1n) is 8.37. The summed E-state index contributed by atoms with van der Waals surface area (Å²) in [7, 11) is 0. The molecule has 25 heavy (non-hydrogen) atoms. The number of benzene rings is 2. The Hall–Kier alpha value is -1.82. The number of nitrogens with zero attached hydrogens (tertiary/aromatic N) is 1. The SMILES string of the molecule is C[C@@H]1CN(c2ccc(OCCO)cc2Cl)[C@H](c2ccc(F)cc2)CN1. The van der Waals surface area contributed by atoms with Gasteiger partial charge in [-0.3, -0.25) is 0 Å². The molecule has 2 atom stereocenters. The van der Waals surface area contributed by atoms with E-state index in [1.54, 1.807) is 6.07 Å². The molecule has 3 rings (SSSR count). The van der Waals surface area contributed by atoms with Gasteiger partial charge in [0.25, 0.3) is 0 Å². The summed E-state index contributed by atoms with van der Waals surface area (Å²) in [5, 5.41) is 12.9. The minimum absolute atomic E-state index is 0.0404. The zero-order valence-corrected chi connectivity index (χ0v) is 14.8. The molecular weight excluding hydrogens is 343 g/mol. The van der Waals surface area contributed by atoms with Gasteiger partial charge in [0.2, 0.25) is 0 Å². The lowest BCUT2D eigenvalue weighted by atomic mass is 10.0. The molecule has 6 heteroatoms. The number of piperazine rings is 1. The molecule has 0 bridgehead atoms. The van der Waals surface area contributed by atoms with Gasteiger partial charge in [-0.15, -0.1) is 0 Å². The fourth-order valence-electron chi connectivity index (χ4n) is 3.13. The lowest BCUT2D eigenvalue weighted by molar-refractivity contribution is 0.201. The van der Waals surface area contributed by atoms with Crippen molar-refractivity contribution in [3.05, 3.63) is 58.9 Å². The standard InChI is InChI=1S/C19H22ClFN2O2/c1-13-12-23(18-7-6-16(10-17(18)20)25-9-8-24)19(11-22-13)14-2-4-15(21)5-3-14/h2-7,10,13,19,22,24H,8-9,11-12H2,1H3/t13-,19+/m1/s1. The van der Waals surface area contributed by atoms with Crippen LogP contribution in [0.5, 0.6) is 5.75 Å². The van der Waals surface area contributed by atoms with Crippen LogP contribution >= 0.6 is 11.6 Å². The minimum atomic E-state index is -0.240. The average Bonchev–Trinajstić information content (AvgIpc) is 2.61. The second kappa shape index (κ2) is 8.04. The van der Waals surface area contributed by atoms with Gasteiger partial charge in [-0.2, -0.15) is 0 Å². The van der Waals surface area contributed by atoms with Gasteiger partial charge >= 0.3 is 0 Å². The topological polar surface area (TPSA) is 44.7 Å². The molecule has 1 saturated heterocycles. The van der Waals surface area contributed by atoms with E-state index in [9.17, 15) is 4.39 Å². The van der Waals surface area contributed by atoms with Crippen LogP contribution < -0.4 is 15.0 Å². The lowest BCUT2D eigenvalue weighted by Crippen LogP contribution is -2.51. The third-order valence-corrected chi connectivity index (χ3v) is 4.65. The highest BCUT2D eigenvalue weighted by atomic mass is 35.5. The molecule has 0 radical (unpaired) electrons. The summed E-state index contributed by atoms with van der Waals surface area (Å²) >= 11 is 6.50. The third kappa shape index (κ3) is 4.24.